The molecular weight excluding hydrogens is 965 g/mol. The third-order valence-electron chi connectivity index (χ3n) is 12.4. The van der Waals surface area contributed by atoms with Crippen molar-refractivity contribution in [2.75, 3.05) is 56.7 Å². The van der Waals surface area contributed by atoms with Crippen LogP contribution in [0.25, 0.3) is 0 Å². The maximum atomic E-state index is 13.6. The second kappa shape index (κ2) is 26.0. The largest absolute Gasteiger partial charge is 0.507 e. The molecule has 3 aromatic carbocycles. The number of benzene rings is 3. The van der Waals surface area contributed by atoms with E-state index < -0.39 is 147 Å². The zero-order valence-electron chi connectivity index (χ0n) is 40.5. The first-order valence-electron chi connectivity index (χ1n) is 24.0. The molecule has 73 heavy (non-hydrogen) atoms. The summed E-state index contributed by atoms with van der Waals surface area (Å²) in [6.45, 7) is 4.25. The molecule has 0 bridgehead atoms. The lowest BCUT2D eigenvalue weighted by Gasteiger charge is -2.50. The number of phenolic OH excluding ortho intramolecular Hbond substituents is 3. The summed E-state index contributed by atoms with van der Waals surface area (Å²) < 4.78 is 48.3. The van der Waals surface area contributed by atoms with Crippen molar-refractivity contribution in [2.24, 2.45) is 0 Å². The van der Waals surface area contributed by atoms with Crippen LogP contribution in [0.5, 0.6) is 17.2 Å². The third kappa shape index (κ3) is 13.9. The zero-order chi connectivity index (χ0) is 53.1. The number of carbonyl (C=O) groups is 3. The Morgan fingerprint density at radius 2 is 0.836 bits per heavy atom. The van der Waals surface area contributed by atoms with E-state index in [0.29, 0.717) is 25.8 Å². The summed E-state index contributed by atoms with van der Waals surface area (Å²) in [6.07, 6.45) is -17.5. The van der Waals surface area contributed by atoms with Crippen LogP contribution < -0.4 is 33.2 Å². The molecule has 17 N–H and O–H groups in total. The summed E-state index contributed by atoms with van der Waals surface area (Å²) in [5.41, 5.74) is 17.1. The van der Waals surface area contributed by atoms with Crippen molar-refractivity contribution in [3.8, 4) is 17.2 Å². The number of phenols is 3. The number of esters is 3. The minimum Gasteiger partial charge on any atom is -0.507 e. The molecule has 3 saturated heterocycles. The first-order chi connectivity index (χ1) is 34.9. The molecule has 3 aromatic rings. The normalized spacial score (nSPS) is 30.3. The molecule has 3 aliphatic rings. The van der Waals surface area contributed by atoms with E-state index in [2.05, 4.69) is 16.0 Å². The second-order valence-corrected chi connectivity index (χ2v) is 17.9. The van der Waals surface area contributed by atoms with Crippen LogP contribution in [0.2, 0.25) is 0 Å². The number of rotatable bonds is 22. The fourth-order valence-electron chi connectivity index (χ4n) is 8.52. The van der Waals surface area contributed by atoms with Gasteiger partial charge in [0.2, 0.25) is 0 Å². The maximum Gasteiger partial charge on any atom is 0.342 e. The topological polar surface area (TPSA) is 401 Å². The van der Waals surface area contributed by atoms with Gasteiger partial charge in [-0.3, -0.25) is 0 Å². The van der Waals surface area contributed by atoms with E-state index in [4.69, 9.17) is 55.1 Å². The monoisotopic (exact) mass is 1030 g/mol. The van der Waals surface area contributed by atoms with E-state index in [-0.39, 0.29) is 46.8 Å². The summed E-state index contributed by atoms with van der Waals surface area (Å²) in [6, 6.07) is 7.54. The lowest BCUT2D eigenvalue weighted by Crippen LogP contribution is -2.70. The molecule has 404 valence electrons. The van der Waals surface area contributed by atoms with Crippen molar-refractivity contribution in [3.63, 3.8) is 0 Å². The molecule has 0 aromatic heterocycles. The Balaban J connectivity index is 1.33. The SMILES string of the molecule is CCCNC1[C@H](O[C@H]2C(COC(=O)c3cc(N)ccc3O)O[C@@H](O[C@H]3C(COC(=O)c4cc(N)ccc4O)O[C@@H](O)C(NCCC)[C@@H]3O)C(NCCC)[C@@H]2O)OC(COC(=O)c2cc(N)ccc2O)[C@@H](O)[C@H]1O. The summed E-state index contributed by atoms with van der Waals surface area (Å²) in [4.78, 5) is 39.9. The van der Waals surface area contributed by atoms with Crippen LogP contribution in [0.15, 0.2) is 54.6 Å². The quantitative estimate of drug-likeness (QED) is 0.0246. The van der Waals surface area contributed by atoms with Crippen LogP contribution in [0, 0.1) is 0 Å². The van der Waals surface area contributed by atoms with Gasteiger partial charge in [-0.05, 0) is 93.5 Å². The third-order valence-corrected chi connectivity index (χ3v) is 12.4. The number of aliphatic hydroxyl groups excluding tert-OH is 5. The number of nitrogen functional groups attached to an aromatic ring is 3. The van der Waals surface area contributed by atoms with Gasteiger partial charge in [0, 0.05) is 17.1 Å². The molecule has 25 heteroatoms. The van der Waals surface area contributed by atoms with Crippen LogP contribution in [-0.4, -0.2) is 190 Å². The minimum atomic E-state index is -1.72. The van der Waals surface area contributed by atoms with E-state index >= 15 is 0 Å². The van der Waals surface area contributed by atoms with Gasteiger partial charge in [0.1, 0.15) is 109 Å². The molecule has 6 unspecified atom stereocenters. The number of ether oxygens (including phenoxy) is 8. The summed E-state index contributed by atoms with van der Waals surface area (Å²) >= 11 is 0. The fraction of sp³-hybridized carbons (Fsp3) is 0.562. The van der Waals surface area contributed by atoms with Crippen molar-refractivity contribution < 1.29 is 93.1 Å². The van der Waals surface area contributed by atoms with Crippen LogP contribution in [0.4, 0.5) is 17.1 Å². The number of anilines is 3. The molecule has 15 atom stereocenters. The molecular formula is C48H68N6O19. The molecule has 0 spiro atoms. The number of hydrogen-bond acceptors (Lipinski definition) is 25. The van der Waals surface area contributed by atoms with Crippen molar-refractivity contribution in [1.82, 2.24) is 16.0 Å². The molecule has 3 aliphatic heterocycles. The van der Waals surface area contributed by atoms with Gasteiger partial charge in [-0.1, -0.05) is 20.8 Å². The molecule has 3 fully saturated rings. The highest BCUT2D eigenvalue weighted by Gasteiger charge is 2.54. The highest BCUT2D eigenvalue weighted by atomic mass is 16.7. The van der Waals surface area contributed by atoms with Crippen molar-refractivity contribution >= 4 is 35.0 Å². The van der Waals surface area contributed by atoms with E-state index in [1.165, 1.54) is 54.6 Å². The van der Waals surface area contributed by atoms with E-state index in [1.807, 2.05) is 20.8 Å². The van der Waals surface area contributed by atoms with Gasteiger partial charge in [0.15, 0.2) is 18.9 Å². The number of carbonyl (C=O) groups excluding carboxylic acids is 3. The Bertz CT molecular complexity index is 2320. The van der Waals surface area contributed by atoms with Crippen LogP contribution in [0.3, 0.4) is 0 Å². The van der Waals surface area contributed by atoms with Gasteiger partial charge in [0.05, 0.1) is 18.1 Å². The maximum absolute atomic E-state index is 13.6. The van der Waals surface area contributed by atoms with E-state index in [0.717, 1.165) is 0 Å². The van der Waals surface area contributed by atoms with Gasteiger partial charge in [-0.2, -0.15) is 0 Å². The number of hydrogen-bond donors (Lipinski definition) is 14. The van der Waals surface area contributed by atoms with Crippen LogP contribution in [-0.2, 0) is 37.9 Å². The Morgan fingerprint density at radius 1 is 0.493 bits per heavy atom. The molecule has 0 amide bonds. The van der Waals surface area contributed by atoms with E-state index in [1.54, 1.807) is 0 Å². The summed E-state index contributed by atoms with van der Waals surface area (Å²) in [7, 11) is 0. The van der Waals surface area contributed by atoms with Gasteiger partial charge in [-0.15, -0.1) is 0 Å². The molecule has 25 nitrogen and oxygen atoms in total. The van der Waals surface area contributed by atoms with Gasteiger partial charge < -0.3 is 112 Å². The Labute approximate surface area is 420 Å². The van der Waals surface area contributed by atoms with Gasteiger partial charge >= 0.3 is 17.9 Å². The molecule has 6 rings (SSSR count). The molecule has 0 saturated carbocycles. The van der Waals surface area contributed by atoms with E-state index in [9.17, 15) is 55.2 Å². The second-order valence-electron chi connectivity index (χ2n) is 17.9. The predicted molar refractivity (Wildman–Crippen MR) is 257 cm³/mol. The minimum absolute atomic E-state index is 0.120. The highest BCUT2D eigenvalue weighted by Crippen LogP contribution is 2.34. The molecule has 0 radical (unpaired) electrons. The Morgan fingerprint density at radius 3 is 1.25 bits per heavy atom. The number of aliphatic hydroxyl groups is 5. The van der Waals surface area contributed by atoms with Crippen molar-refractivity contribution in [3.05, 3.63) is 71.3 Å². The van der Waals surface area contributed by atoms with Crippen molar-refractivity contribution in [1.29, 1.82) is 0 Å². The number of nitrogens with one attached hydrogen (secondary N) is 3. The lowest BCUT2D eigenvalue weighted by atomic mass is 9.93. The molecule has 0 aliphatic carbocycles. The average Bonchev–Trinajstić information content (AvgIpc) is 3.36. The molecule has 3 heterocycles. The number of aromatic hydroxyl groups is 3. The summed E-state index contributed by atoms with van der Waals surface area (Å²) in [5.74, 6) is -4.47. The van der Waals surface area contributed by atoms with Gasteiger partial charge in [0.25, 0.3) is 0 Å². The highest BCUT2D eigenvalue weighted by molar-refractivity contribution is 5.94. The zero-order valence-corrected chi connectivity index (χ0v) is 40.5. The fourth-order valence-corrected chi connectivity index (χ4v) is 8.52. The standard InChI is InChI=1S/C48H68N6O19/c1-4-13-52-34-39(60)41(32(69-46(34)65)20-67-44(63)26-17-23(50)8-11-29(26)56)72-48-36(54-15-6-3)40(61)42(33(71-48)21-68-45(64)27-18-24(51)9-12-30(27)57)73-47-35(53-14-5-2)38(59)37(58)31(70-47)19-66-43(62)25-16-22(49)7-10-28(25)55/h7-12,16-18,31-42,46-48,52-61,65H,4-6,13-15,19-21,49-51H2,1-3H3/t31?,32?,33?,34?,35?,36?,37-,38+,39+,40+,41+,42+,46-,47+,48+/m1/s1. The first kappa shape index (κ1) is 56.6. The Kier molecular flexibility index (Phi) is 20.2. The number of nitrogens with two attached hydrogens (primary N) is 3. The predicted octanol–water partition coefficient (Wildman–Crippen LogP) is -1.09. The lowest BCUT2D eigenvalue weighted by molar-refractivity contribution is -0.352. The smallest absolute Gasteiger partial charge is 0.342 e. The average molecular weight is 1030 g/mol. The van der Waals surface area contributed by atoms with Crippen molar-refractivity contribution in [2.45, 2.75) is 132 Å². The first-order valence-corrected chi connectivity index (χ1v) is 24.0. The Hall–Kier alpha value is -5.65. The van der Waals surface area contributed by atoms with Crippen LogP contribution >= 0.6 is 0 Å². The van der Waals surface area contributed by atoms with Gasteiger partial charge in [-0.25, -0.2) is 14.4 Å². The summed E-state index contributed by atoms with van der Waals surface area (Å²) in [5, 5.41) is 98.9. The van der Waals surface area contributed by atoms with Crippen LogP contribution in [0.1, 0.15) is 71.1 Å².